The van der Waals surface area contributed by atoms with E-state index in [1.165, 1.54) is 0 Å². The first kappa shape index (κ1) is 15.0. The number of carbonyl (C=O) groups is 1. The zero-order valence-corrected chi connectivity index (χ0v) is 12.0. The normalized spacial score (nSPS) is 10.2. The first-order valence-electron chi connectivity index (χ1n) is 6.82. The van der Waals surface area contributed by atoms with Gasteiger partial charge in [-0.15, -0.1) is 0 Å². The number of aromatic nitrogens is 1. The number of hydrogen-bond acceptors (Lipinski definition) is 4. The number of nitrogens with one attached hydrogen (secondary N) is 1. The van der Waals surface area contributed by atoms with E-state index in [0.29, 0.717) is 12.2 Å². The number of carbonyl (C=O) groups excluding carboxylic acids is 1. The van der Waals surface area contributed by atoms with Crippen LogP contribution in [-0.4, -0.2) is 41.1 Å². The average molecular weight is 285 g/mol. The van der Waals surface area contributed by atoms with Crippen molar-refractivity contribution in [3.63, 3.8) is 0 Å². The maximum absolute atomic E-state index is 12.5. The summed E-state index contributed by atoms with van der Waals surface area (Å²) in [5, 5.41) is 12.1. The topological polar surface area (TPSA) is 65.5 Å². The SMILES string of the molecule is CNc1ccc(C(=O)N(CCO)Cc2ccccc2)nc1. The second-order valence-corrected chi connectivity index (χ2v) is 4.62. The van der Waals surface area contributed by atoms with Gasteiger partial charge in [0.1, 0.15) is 5.69 Å². The van der Waals surface area contributed by atoms with Crippen LogP contribution in [0, 0.1) is 0 Å². The van der Waals surface area contributed by atoms with Crippen molar-refractivity contribution in [2.75, 3.05) is 25.5 Å². The van der Waals surface area contributed by atoms with Gasteiger partial charge in [-0.1, -0.05) is 30.3 Å². The zero-order chi connectivity index (χ0) is 15.1. The fourth-order valence-corrected chi connectivity index (χ4v) is 2.01. The van der Waals surface area contributed by atoms with Crippen molar-refractivity contribution in [1.29, 1.82) is 0 Å². The number of aliphatic hydroxyl groups is 1. The van der Waals surface area contributed by atoms with Gasteiger partial charge in [0.05, 0.1) is 18.5 Å². The van der Waals surface area contributed by atoms with Gasteiger partial charge in [0.15, 0.2) is 0 Å². The number of nitrogens with zero attached hydrogens (tertiary/aromatic N) is 2. The molecule has 0 aliphatic rings. The number of benzene rings is 1. The lowest BCUT2D eigenvalue weighted by atomic mass is 10.2. The molecule has 0 bridgehead atoms. The minimum Gasteiger partial charge on any atom is -0.395 e. The number of hydrogen-bond donors (Lipinski definition) is 2. The first-order chi connectivity index (χ1) is 10.2. The van der Waals surface area contributed by atoms with Crippen LogP contribution < -0.4 is 5.32 Å². The average Bonchev–Trinajstić information content (AvgIpc) is 2.55. The molecule has 1 aromatic heterocycles. The highest BCUT2D eigenvalue weighted by Gasteiger charge is 2.16. The second kappa shape index (κ2) is 7.40. The summed E-state index contributed by atoms with van der Waals surface area (Å²) in [5.74, 6) is -0.185. The Kier molecular flexibility index (Phi) is 5.29. The maximum atomic E-state index is 12.5. The Morgan fingerprint density at radius 3 is 2.57 bits per heavy atom. The molecule has 1 aromatic carbocycles. The summed E-state index contributed by atoms with van der Waals surface area (Å²) in [7, 11) is 1.80. The van der Waals surface area contributed by atoms with E-state index >= 15 is 0 Å². The van der Waals surface area contributed by atoms with Crippen LogP contribution >= 0.6 is 0 Å². The third kappa shape index (κ3) is 4.03. The van der Waals surface area contributed by atoms with Crippen LogP contribution in [0.3, 0.4) is 0 Å². The van der Waals surface area contributed by atoms with E-state index in [1.54, 1.807) is 30.3 Å². The van der Waals surface area contributed by atoms with E-state index in [9.17, 15) is 4.79 Å². The zero-order valence-electron chi connectivity index (χ0n) is 12.0. The summed E-state index contributed by atoms with van der Waals surface area (Å²) < 4.78 is 0. The molecule has 2 N–H and O–H groups in total. The van der Waals surface area contributed by atoms with Crippen molar-refractivity contribution in [2.45, 2.75) is 6.54 Å². The Morgan fingerprint density at radius 1 is 1.24 bits per heavy atom. The molecule has 0 aliphatic heterocycles. The molecule has 0 aliphatic carbocycles. The molecular weight excluding hydrogens is 266 g/mol. The Morgan fingerprint density at radius 2 is 2.00 bits per heavy atom. The van der Waals surface area contributed by atoms with Crippen LogP contribution in [0.2, 0.25) is 0 Å². The van der Waals surface area contributed by atoms with Crippen LogP contribution in [0.5, 0.6) is 0 Å². The van der Waals surface area contributed by atoms with E-state index in [4.69, 9.17) is 5.11 Å². The Balaban J connectivity index is 2.14. The van der Waals surface area contributed by atoms with E-state index in [0.717, 1.165) is 11.3 Å². The minimum absolute atomic E-state index is 0.0762. The molecule has 5 nitrogen and oxygen atoms in total. The third-order valence-electron chi connectivity index (χ3n) is 3.14. The standard InChI is InChI=1S/C16H19N3O2/c1-17-14-7-8-15(18-11-14)16(21)19(9-10-20)12-13-5-3-2-4-6-13/h2-8,11,17,20H,9-10,12H2,1H3. The van der Waals surface area contributed by atoms with E-state index < -0.39 is 0 Å². The predicted octanol–water partition coefficient (Wildman–Crippen LogP) is 1.76. The van der Waals surface area contributed by atoms with Gasteiger partial charge in [-0.2, -0.15) is 0 Å². The Labute approximate surface area is 124 Å². The molecule has 1 heterocycles. The molecule has 0 atom stereocenters. The summed E-state index contributed by atoms with van der Waals surface area (Å²) >= 11 is 0. The molecule has 0 spiro atoms. The van der Waals surface area contributed by atoms with Gasteiger partial charge in [0.25, 0.3) is 5.91 Å². The smallest absolute Gasteiger partial charge is 0.272 e. The highest BCUT2D eigenvalue weighted by atomic mass is 16.3. The number of anilines is 1. The Bertz CT molecular complexity index is 570. The van der Waals surface area contributed by atoms with E-state index in [1.807, 2.05) is 30.3 Å². The van der Waals surface area contributed by atoms with Gasteiger partial charge < -0.3 is 15.3 Å². The van der Waals surface area contributed by atoms with Crippen molar-refractivity contribution in [1.82, 2.24) is 9.88 Å². The van der Waals surface area contributed by atoms with Gasteiger partial charge in [-0.05, 0) is 17.7 Å². The van der Waals surface area contributed by atoms with Crippen molar-refractivity contribution in [2.24, 2.45) is 0 Å². The van der Waals surface area contributed by atoms with Crippen LogP contribution in [0.25, 0.3) is 0 Å². The summed E-state index contributed by atoms with van der Waals surface area (Å²) in [4.78, 5) is 18.2. The van der Waals surface area contributed by atoms with Crippen molar-refractivity contribution >= 4 is 11.6 Å². The molecule has 1 amide bonds. The summed E-state index contributed by atoms with van der Waals surface area (Å²) in [5.41, 5.74) is 2.24. The summed E-state index contributed by atoms with van der Waals surface area (Å²) in [6, 6.07) is 13.2. The molecule has 0 unspecified atom stereocenters. The molecule has 0 saturated carbocycles. The molecule has 2 rings (SSSR count). The third-order valence-corrected chi connectivity index (χ3v) is 3.14. The quantitative estimate of drug-likeness (QED) is 0.849. The number of aliphatic hydroxyl groups excluding tert-OH is 1. The van der Waals surface area contributed by atoms with E-state index in [2.05, 4.69) is 10.3 Å². The molecule has 0 saturated heterocycles. The van der Waals surface area contributed by atoms with Crippen LogP contribution in [0.1, 0.15) is 16.1 Å². The molecule has 0 radical (unpaired) electrons. The minimum atomic E-state index is -0.185. The molecular formula is C16H19N3O2. The molecule has 5 heteroatoms. The molecule has 0 fully saturated rings. The molecule has 2 aromatic rings. The second-order valence-electron chi connectivity index (χ2n) is 4.62. The van der Waals surface area contributed by atoms with Crippen molar-refractivity contribution in [3.8, 4) is 0 Å². The number of rotatable bonds is 6. The molecule has 110 valence electrons. The monoisotopic (exact) mass is 285 g/mol. The van der Waals surface area contributed by atoms with Gasteiger partial charge in [-0.25, -0.2) is 4.98 Å². The highest BCUT2D eigenvalue weighted by Crippen LogP contribution is 2.10. The first-order valence-corrected chi connectivity index (χ1v) is 6.82. The number of amides is 1. The fraction of sp³-hybridized carbons (Fsp3) is 0.250. The molecule has 21 heavy (non-hydrogen) atoms. The van der Waals surface area contributed by atoms with Gasteiger partial charge in [-0.3, -0.25) is 4.79 Å². The summed E-state index contributed by atoms with van der Waals surface area (Å²) in [6.45, 7) is 0.659. The summed E-state index contributed by atoms with van der Waals surface area (Å²) in [6.07, 6.45) is 1.62. The van der Waals surface area contributed by atoms with Crippen LogP contribution in [0.4, 0.5) is 5.69 Å². The highest BCUT2D eigenvalue weighted by molar-refractivity contribution is 5.92. The van der Waals surface area contributed by atoms with Crippen molar-refractivity contribution < 1.29 is 9.90 Å². The fourth-order valence-electron chi connectivity index (χ4n) is 2.01. The lowest BCUT2D eigenvalue weighted by Crippen LogP contribution is -2.33. The lowest BCUT2D eigenvalue weighted by molar-refractivity contribution is 0.0702. The largest absolute Gasteiger partial charge is 0.395 e. The van der Waals surface area contributed by atoms with Gasteiger partial charge in [0.2, 0.25) is 0 Å². The maximum Gasteiger partial charge on any atom is 0.272 e. The number of pyridine rings is 1. The predicted molar refractivity (Wildman–Crippen MR) is 82.1 cm³/mol. The lowest BCUT2D eigenvalue weighted by Gasteiger charge is -2.21. The Hall–Kier alpha value is -2.40. The van der Waals surface area contributed by atoms with Gasteiger partial charge in [0, 0.05) is 20.1 Å². The van der Waals surface area contributed by atoms with Crippen LogP contribution in [-0.2, 0) is 6.54 Å². The van der Waals surface area contributed by atoms with Crippen LogP contribution in [0.15, 0.2) is 48.7 Å². The van der Waals surface area contributed by atoms with Gasteiger partial charge >= 0.3 is 0 Å². The van der Waals surface area contributed by atoms with Crippen molar-refractivity contribution in [3.05, 3.63) is 59.9 Å². The van der Waals surface area contributed by atoms with E-state index in [-0.39, 0.29) is 19.1 Å².